The van der Waals surface area contributed by atoms with E-state index in [0.29, 0.717) is 35.5 Å². The van der Waals surface area contributed by atoms with Crippen LogP contribution in [0.2, 0.25) is 0 Å². The zero-order valence-electron chi connectivity index (χ0n) is 11.1. The quantitative estimate of drug-likeness (QED) is 0.612. The van der Waals surface area contributed by atoms with Crippen molar-refractivity contribution in [2.75, 3.05) is 18.6 Å². The van der Waals surface area contributed by atoms with Gasteiger partial charge in [0.05, 0.1) is 18.4 Å². The molecule has 5 heteroatoms. The zero-order chi connectivity index (χ0) is 14.2. The Hall–Kier alpha value is -2.17. The van der Waals surface area contributed by atoms with Crippen LogP contribution in [0.25, 0.3) is 0 Å². The predicted octanol–water partition coefficient (Wildman–Crippen LogP) is 1.62. The summed E-state index contributed by atoms with van der Waals surface area (Å²) in [6.07, 6.45) is 1.31. The fraction of sp³-hybridized carbons (Fsp3) is 0.357. The molecule has 1 amide bonds. The van der Waals surface area contributed by atoms with E-state index in [1.54, 1.807) is 6.07 Å². The summed E-state index contributed by atoms with van der Waals surface area (Å²) >= 11 is 0. The SMILES string of the molecule is COc1cc(C=O)c2c(c1C(C)=O)N(C(C)=O)CC2. The van der Waals surface area contributed by atoms with Crippen LogP contribution in [0.5, 0.6) is 5.75 Å². The third-order valence-corrected chi connectivity index (χ3v) is 3.34. The summed E-state index contributed by atoms with van der Waals surface area (Å²) in [5.74, 6) is 0.00607. The van der Waals surface area contributed by atoms with E-state index in [1.165, 1.54) is 25.9 Å². The molecule has 1 aromatic carbocycles. The molecule has 0 bridgehead atoms. The Morgan fingerprint density at radius 3 is 2.53 bits per heavy atom. The molecule has 0 spiro atoms. The number of benzene rings is 1. The van der Waals surface area contributed by atoms with E-state index in [1.807, 2.05) is 0 Å². The normalized spacial score (nSPS) is 13.1. The third kappa shape index (κ3) is 2.01. The van der Waals surface area contributed by atoms with Crippen molar-refractivity contribution < 1.29 is 19.1 Å². The molecule has 0 saturated carbocycles. The zero-order valence-corrected chi connectivity index (χ0v) is 11.1. The number of methoxy groups -OCH3 is 1. The number of nitrogens with zero attached hydrogens (tertiary/aromatic N) is 1. The Bertz CT molecular complexity index is 577. The van der Waals surface area contributed by atoms with E-state index >= 15 is 0 Å². The number of Topliss-reactive ketones (excluding diaryl/α,β-unsaturated/α-hetero) is 1. The second kappa shape index (κ2) is 4.84. The van der Waals surface area contributed by atoms with E-state index in [2.05, 4.69) is 0 Å². The molecular weight excluding hydrogens is 246 g/mol. The summed E-state index contributed by atoms with van der Waals surface area (Å²) in [5, 5.41) is 0. The summed E-state index contributed by atoms with van der Waals surface area (Å²) in [6, 6.07) is 1.56. The molecule has 0 aliphatic carbocycles. The topological polar surface area (TPSA) is 63.7 Å². The molecule has 0 radical (unpaired) electrons. The number of hydrogen-bond acceptors (Lipinski definition) is 4. The van der Waals surface area contributed by atoms with Gasteiger partial charge in [0, 0.05) is 19.0 Å². The first-order chi connectivity index (χ1) is 9.01. The summed E-state index contributed by atoms with van der Waals surface area (Å²) in [7, 11) is 1.44. The fourth-order valence-corrected chi connectivity index (χ4v) is 2.52. The van der Waals surface area contributed by atoms with Crippen LogP contribution < -0.4 is 9.64 Å². The van der Waals surface area contributed by atoms with Crippen molar-refractivity contribution in [3.63, 3.8) is 0 Å². The van der Waals surface area contributed by atoms with Gasteiger partial charge in [0.1, 0.15) is 5.75 Å². The minimum atomic E-state index is -0.182. The number of anilines is 1. The summed E-state index contributed by atoms with van der Waals surface area (Å²) in [4.78, 5) is 36.2. The Morgan fingerprint density at radius 2 is 2.05 bits per heavy atom. The molecule has 0 N–H and O–H groups in total. The number of amides is 1. The number of carbonyl (C=O) groups is 3. The first kappa shape index (κ1) is 13.3. The van der Waals surface area contributed by atoms with Gasteiger partial charge in [-0.2, -0.15) is 0 Å². The number of aldehydes is 1. The number of ether oxygens (including phenoxy) is 1. The van der Waals surface area contributed by atoms with Crippen LogP contribution in [0.4, 0.5) is 5.69 Å². The van der Waals surface area contributed by atoms with Gasteiger partial charge in [0.15, 0.2) is 12.1 Å². The first-order valence-electron chi connectivity index (χ1n) is 5.99. The summed E-state index contributed by atoms with van der Waals surface area (Å²) < 4.78 is 5.18. The number of ketones is 1. The molecule has 100 valence electrons. The Morgan fingerprint density at radius 1 is 1.37 bits per heavy atom. The van der Waals surface area contributed by atoms with Crippen LogP contribution in [0.15, 0.2) is 6.07 Å². The second-order valence-electron chi connectivity index (χ2n) is 4.46. The van der Waals surface area contributed by atoms with E-state index in [4.69, 9.17) is 4.74 Å². The van der Waals surface area contributed by atoms with Crippen molar-refractivity contribution in [2.45, 2.75) is 20.3 Å². The van der Waals surface area contributed by atoms with E-state index < -0.39 is 0 Å². The number of carbonyl (C=O) groups excluding carboxylic acids is 3. The van der Waals surface area contributed by atoms with Crippen molar-refractivity contribution >= 4 is 23.7 Å². The van der Waals surface area contributed by atoms with Crippen LogP contribution in [0.3, 0.4) is 0 Å². The molecular formula is C14H15NO4. The van der Waals surface area contributed by atoms with Gasteiger partial charge in [-0.25, -0.2) is 0 Å². The Kier molecular flexibility index (Phi) is 3.38. The number of fused-ring (bicyclic) bond motifs is 1. The van der Waals surface area contributed by atoms with Gasteiger partial charge in [-0.15, -0.1) is 0 Å². The first-order valence-corrected chi connectivity index (χ1v) is 5.99. The molecule has 1 aliphatic heterocycles. The Balaban J connectivity index is 2.80. The van der Waals surface area contributed by atoms with Gasteiger partial charge < -0.3 is 9.64 Å². The van der Waals surface area contributed by atoms with Gasteiger partial charge >= 0.3 is 0 Å². The van der Waals surface area contributed by atoms with Crippen LogP contribution in [0.1, 0.15) is 40.1 Å². The van der Waals surface area contributed by atoms with Crippen LogP contribution in [0, 0.1) is 0 Å². The molecule has 0 unspecified atom stereocenters. The van der Waals surface area contributed by atoms with Crippen molar-refractivity contribution in [3.05, 3.63) is 22.8 Å². The van der Waals surface area contributed by atoms with Gasteiger partial charge in [0.2, 0.25) is 5.91 Å². The number of rotatable bonds is 3. The lowest BCUT2D eigenvalue weighted by atomic mass is 9.98. The van der Waals surface area contributed by atoms with E-state index in [0.717, 1.165) is 11.8 Å². The van der Waals surface area contributed by atoms with Crippen molar-refractivity contribution in [1.29, 1.82) is 0 Å². The lowest BCUT2D eigenvalue weighted by Gasteiger charge is -2.20. The van der Waals surface area contributed by atoms with Crippen molar-refractivity contribution in [2.24, 2.45) is 0 Å². The maximum atomic E-state index is 11.8. The highest BCUT2D eigenvalue weighted by molar-refractivity contribution is 6.09. The summed E-state index contributed by atoms with van der Waals surface area (Å²) in [6.45, 7) is 3.35. The van der Waals surface area contributed by atoms with E-state index in [9.17, 15) is 14.4 Å². The lowest BCUT2D eigenvalue weighted by Crippen LogP contribution is -2.27. The van der Waals surface area contributed by atoms with Gasteiger partial charge in [-0.1, -0.05) is 0 Å². The molecule has 1 heterocycles. The standard InChI is InChI=1S/C14H15NO4/c1-8(17)13-12(19-3)6-10(7-16)11-4-5-15(9(2)18)14(11)13/h6-7H,4-5H2,1-3H3. The molecule has 19 heavy (non-hydrogen) atoms. The molecule has 0 saturated heterocycles. The summed E-state index contributed by atoms with van der Waals surface area (Å²) in [5.41, 5.74) is 2.12. The molecule has 0 aromatic heterocycles. The third-order valence-electron chi connectivity index (χ3n) is 3.34. The molecule has 1 aromatic rings. The second-order valence-corrected chi connectivity index (χ2v) is 4.46. The van der Waals surface area contributed by atoms with Gasteiger partial charge in [-0.3, -0.25) is 14.4 Å². The molecule has 0 atom stereocenters. The largest absolute Gasteiger partial charge is 0.496 e. The van der Waals surface area contributed by atoms with Crippen LogP contribution in [-0.2, 0) is 11.2 Å². The highest BCUT2D eigenvalue weighted by Gasteiger charge is 2.31. The average Bonchev–Trinajstić information content (AvgIpc) is 2.80. The molecule has 2 rings (SSSR count). The minimum absolute atomic E-state index is 0.147. The van der Waals surface area contributed by atoms with Crippen molar-refractivity contribution in [3.8, 4) is 5.75 Å². The van der Waals surface area contributed by atoms with Crippen LogP contribution >= 0.6 is 0 Å². The molecule has 1 aliphatic rings. The van der Waals surface area contributed by atoms with E-state index in [-0.39, 0.29) is 11.7 Å². The number of hydrogen-bond donors (Lipinski definition) is 0. The highest BCUT2D eigenvalue weighted by atomic mass is 16.5. The molecule has 0 fully saturated rings. The maximum Gasteiger partial charge on any atom is 0.223 e. The maximum absolute atomic E-state index is 11.8. The Labute approximate surface area is 111 Å². The highest BCUT2D eigenvalue weighted by Crippen LogP contribution is 2.39. The van der Waals surface area contributed by atoms with Gasteiger partial charge in [-0.05, 0) is 25.0 Å². The van der Waals surface area contributed by atoms with Crippen LogP contribution in [-0.4, -0.2) is 31.6 Å². The minimum Gasteiger partial charge on any atom is -0.496 e. The smallest absolute Gasteiger partial charge is 0.223 e. The van der Waals surface area contributed by atoms with Gasteiger partial charge in [0.25, 0.3) is 0 Å². The average molecular weight is 261 g/mol. The lowest BCUT2D eigenvalue weighted by molar-refractivity contribution is -0.116. The molecule has 5 nitrogen and oxygen atoms in total. The predicted molar refractivity (Wildman–Crippen MR) is 70.1 cm³/mol. The fourth-order valence-electron chi connectivity index (χ4n) is 2.52. The van der Waals surface area contributed by atoms with Crippen molar-refractivity contribution in [1.82, 2.24) is 0 Å². The monoisotopic (exact) mass is 261 g/mol.